The van der Waals surface area contributed by atoms with Crippen molar-refractivity contribution < 1.29 is 9.66 Å². The molecule has 0 aliphatic carbocycles. The predicted molar refractivity (Wildman–Crippen MR) is 71.3 cm³/mol. The lowest BCUT2D eigenvalue weighted by molar-refractivity contribution is -0.383. The normalized spacial score (nSPS) is 10.3. The first kappa shape index (κ1) is 14.7. The van der Waals surface area contributed by atoms with E-state index < -0.39 is 4.92 Å². The molecule has 0 aliphatic rings. The van der Waals surface area contributed by atoms with Crippen molar-refractivity contribution >= 4 is 23.0 Å². The third-order valence-electron chi connectivity index (χ3n) is 2.27. The topological polar surface area (TPSA) is 76.4 Å². The first-order valence-corrected chi connectivity index (χ1v) is 5.91. The van der Waals surface area contributed by atoms with Gasteiger partial charge in [-0.15, -0.1) is 0 Å². The van der Waals surface area contributed by atoms with Crippen LogP contribution in [0.3, 0.4) is 0 Å². The fraction of sp³-hybridized carbons (Fsp3) is 0.455. The molecule has 7 heteroatoms. The Morgan fingerprint density at radius 1 is 1.39 bits per heavy atom. The van der Waals surface area contributed by atoms with Gasteiger partial charge >= 0.3 is 5.69 Å². The fourth-order valence-corrected chi connectivity index (χ4v) is 1.67. The molecule has 0 heterocycles. The van der Waals surface area contributed by atoms with Gasteiger partial charge in [0.2, 0.25) is 0 Å². The number of methoxy groups -OCH3 is 1. The van der Waals surface area contributed by atoms with E-state index in [2.05, 4.69) is 10.6 Å². The number of nitrogens with one attached hydrogen (secondary N) is 2. The number of ether oxygens (including phenoxy) is 1. The molecule has 0 saturated heterocycles. The molecule has 0 spiro atoms. The summed E-state index contributed by atoms with van der Waals surface area (Å²) < 4.78 is 4.88. The van der Waals surface area contributed by atoms with Gasteiger partial charge in [-0.05, 0) is 12.1 Å². The van der Waals surface area contributed by atoms with Crippen LogP contribution in [0.4, 0.5) is 11.4 Å². The molecule has 0 saturated carbocycles. The van der Waals surface area contributed by atoms with Crippen molar-refractivity contribution in [1.82, 2.24) is 5.32 Å². The van der Waals surface area contributed by atoms with Crippen LogP contribution < -0.4 is 10.6 Å². The van der Waals surface area contributed by atoms with Gasteiger partial charge < -0.3 is 15.4 Å². The molecule has 18 heavy (non-hydrogen) atoms. The minimum Gasteiger partial charge on any atom is -0.383 e. The number of halogens is 1. The maximum absolute atomic E-state index is 10.9. The van der Waals surface area contributed by atoms with E-state index in [1.807, 2.05) is 0 Å². The molecule has 1 rings (SSSR count). The van der Waals surface area contributed by atoms with Crippen LogP contribution in [-0.4, -0.2) is 38.3 Å². The second kappa shape index (κ2) is 7.86. The lowest BCUT2D eigenvalue weighted by Crippen LogP contribution is -2.25. The molecule has 6 nitrogen and oxygen atoms in total. The fourth-order valence-electron chi connectivity index (χ4n) is 1.43. The molecule has 0 unspecified atom stereocenters. The molecule has 0 bridgehead atoms. The molecule has 0 aliphatic heterocycles. The molecular weight excluding hydrogens is 258 g/mol. The van der Waals surface area contributed by atoms with Crippen LogP contribution in [0.1, 0.15) is 0 Å². The van der Waals surface area contributed by atoms with E-state index >= 15 is 0 Å². The number of para-hydroxylation sites is 1. The van der Waals surface area contributed by atoms with Crippen LogP contribution in [-0.2, 0) is 4.74 Å². The quantitative estimate of drug-likeness (QED) is 0.430. The van der Waals surface area contributed by atoms with E-state index in [9.17, 15) is 10.1 Å². The number of hydrogen-bond acceptors (Lipinski definition) is 5. The first-order valence-electron chi connectivity index (χ1n) is 5.53. The lowest BCUT2D eigenvalue weighted by atomic mass is 10.2. The minimum absolute atomic E-state index is 0.0870. The van der Waals surface area contributed by atoms with Gasteiger partial charge in [0.05, 0.1) is 11.5 Å². The van der Waals surface area contributed by atoms with E-state index in [1.54, 1.807) is 19.2 Å². The Bertz CT molecular complexity index is 401. The minimum atomic E-state index is -0.483. The van der Waals surface area contributed by atoms with Crippen LogP contribution >= 0.6 is 11.6 Å². The maximum Gasteiger partial charge on any atom is 0.310 e. The second-order valence-electron chi connectivity index (χ2n) is 3.56. The zero-order valence-corrected chi connectivity index (χ0v) is 10.9. The standard InChI is InChI=1S/C11H16ClN3O3/c1-18-8-7-13-5-6-14-10-4-2-3-9(12)11(10)15(16)17/h2-4,13-14H,5-8H2,1H3. The summed E-state index contributed by atoms with van der Waals surface area (Å²) in [5, 5.41) is 17.1. The van der Waals surface area contributed by atoms with Gasteiger partial charge in [-0.3, -0.25) is 10.1 Å². The van der Waals surface area contributed by atoms with E-state index in [-0.39, 0.29) is 10.7 Å². The van der Waals surface area contributed by atoms with Crippen molar-refractivity contribution in [2.45, 2.75) is 0 Å². The van der Waals surface area contributed by atoms with Gasteiger partial charge in [0.25, 0.3) is 0 Å². The first-order chi connectivity index (χ1) is 8.66. The van der Waals surface area contributed by atoms with Crippen molar-refractivity contribution in [2.24, 2.45) is 0 Å². The number of anilines is 1. The molecule has 0 radical (unpaired) electrons. The molecule has 100 valence electrons. The van der Waals surface area contributed by atoms with Crippen molar-refractivity contribution in [3.63, 3.8) is 0 Å². The maximum atomic E-state index is 10.9. The predicted octanol–water partition coefficient (Wildman–Crippen LogP) is 1.90. The molecule has 0 aromatic heterocycles. The van der Waals surface area contributed by atoms with Crippen molar-refractivity contribution in [1.29, 1.82) is 0 Å². The highest BCUT2D eigenvalue weighted by molar-refractivity contribution is 6.33. The number of nitro groups is 1. The summed E-state index contributed by atoms with van der Waals surface area (Å²) in [5.41, 5.74) is 0.345. The smallest absolute Gasteiger partial charge is 0.310 e. The number of benzene rings is 1. The molecule has 1 aromatic rings. The third kappa shape index (κ3) is 4.48. The number of hydrogen-bond donors (Lipinski definition) is 2. The van der Waals surface area contributed by atoms with Crippen LogP contribution in [0.25, 0.3) is 0 Å². The summed E-state index contributed by atoms with van der Waals surface area (Å²) in [4.78, 5) is 10.4. The van der Waals surface area contributed by atoms with E-state index in [4.69, 9.17) is 16.3 Å². The average molecular weight is 274 g/mol. The van der Waals surface area contributed by atoms with Gasteiger partial charge in [0.1, 0.15) is 10.7 Å². The summed E-state index contributed by atoms with van der Waals surface area (Å²) in [6.45, 7) is 2.64. The SMILES string of the molecule is COCCNCCNc1cccc(Cl)c1[N+](=O)[O-]. The molecule has 2 N–H and O–H groups in total. The molecule has 1 aromatic carbocycles. The van der Waals surface area contributed by atoms with E-state index in [1.165, 1.54) is 6.07 Å². The number of rotatable bonds is 8. The van der Waals surface area contributed by atoms with Crippen molar-refractivity contribution in [3.8, 4) is 0 Å². The Morgan fingerprint density at radius 2 is 2.17 bits per heavy atom. The van der Waals surface area contributed by atoms with Gasteiger partial charge in [-0.2, -0.15) is 0 Å². The largest absolute Gasteiger partial charge is 0.383 e. The van der Waals surface area contributed by atoms with Gasteiger partial charge in [0, 0.05) is 26.7 Å². The van der Waals surface area contributed by atoms with Gasteiger partial charge in [-0.25, -0.2) is 0 Å². The average Bonchev–Trinajstić information content (AvgIpc) is 2.33. The van der Waals surface area contributed by atoms with Crippen LogP contribution in [0.2, 0.25) is 5.02 Å². The summed E-state index contributed by atoms with van der Waals surface area (Å²) in [7, 11) is 1.63. The van der Waals surface area contributed by atoms with Gasteiger partial charge in [-0.1, -0.05) is 17.7 Å². The summed E-state index contributed by atoms with van der Waals surface area (Å²) in [6.07, 6.45) is 0. The Labute approximate surface area is 110 Å². The second-order valence-corrected chi connectivity index (χ2v) is 3.97. The Kier molecular flexibility index (Phi) is 6.42. The van der Waals surface area contributed by atoms with Crippen LogP contribution in [0, 0.1) is 10.1 Å². The van der Waals surface area contributed by atoms with Gasteiger partial charge in [0.15, 0.2) is 0 Å². The Hall–Kier alpha value is -1.37. The van der Waals surface area contributed by atoms with Crippen LogP contribution in [0.15, 0.2) is 18.2 Å². The summed E-state index contributed by atoms with van der Waals surface area (Å²) in [5.74, 6) is 0. The highest BCUT2D eigenvalue weighted by Gasteiger charge is 2.17. The number of nitrogens with zero attached hydrogens (tertiary/aromatic N) is 1. The van der Waals surface area contributed by atoms with Crippen LogP contribution in [0.5, 0.6) is 0 Å². The Morgan fingerprint density at radius 3 is 2.83 bits per heavy atom. The third-order valence-corrected chi connectivity index (χ3v) is 2.57. The van der Waals surface area contributed by atoms with Crippen molar-refractivity contribution in [2.75, 3.05) is 38.7 Å². The van der Waals surface area contributed by atoms with Crippen molar-refractivity contribution in [3.05, 3.63) is 33.3 Å². The molecule has 0 amide bonds. The summed E-state index contributed by atoms with van der Waals surface area (Å²) in [6, 6.07) is 4.82. The zero-order valence-electron chi connectivity index (χ0n) is 10.1. The lowest BCUT2D eigenvalue weighted by Gasteiger charge is -2.08. The van der Waals surface area contributed by atoms with E-state index in [0.717, 1.165) is 6.54 Å². The highest BCUT2D eigenvalue weighted by atomic mass is 35.5. The Balaban J connectivity index is 2.47. The molecular formula is C11H16ClN3O3. The number of nitro benzene ring substituents is 1. The molecule has 0 atom stereocenters. The van der Waals surface area contributed by atoms with E-state index in [0.29, 0.717) is 25.4 Å². The summed E-state index contributed by atoms with van der Waals surface area (Å²) >= 11 is 5.79. The highest BCUT2D eigenvalue weighted by Crippen LogP contribution is 2.31. The zero-order chi connectivity index (χ0) is 13.4. The monoisotopic (exact) mass is 273 g/mol. The molecule has 0 fully saturated rings.